The SMILES string of the molecule is C[C@@H](NC(=S)Nc1ccc(F)cc1)c1nc2cc(C(=O)O)ccc2n1Cc1ccco1. The molecule has 0 bridgehead atoms. The molecule has 1 atom stereocenters. The lowest BCUT2D eigenvalue weighted by atomic mass is 10.2. The molecule has 0 amide bonds. The molecule has 7 nitrogen and oxygen atoms in total. The molecule has 0 saturated carbocycles. The van der Waals surface area contributed by atoms with Gasteiger partial charge >= 0.3 is 5.97 Å². The molecule has 2 heterocycles. The Morgan fingerprint density at radius 3 is 2.71 bits per heavy atom. The van der Waals surface area contributed by atoms with Crippen molar-refractivity contribution < 1.29 is 18.7 Å². The first kappa shape index (κ1) is 20.5. The molecule has 0 fully saturated rings. The second-order valence-corrected chi connectivity index (χ2v) is 7.38. The summed E-state index contributed by atoms with van der Waals surface area (Å²) >= 11 is 5.39. The summed E-state index contributed by atoms with van der Waals surface area (Å²) in [6, 6.07) is 14.1. The Morgan fingerprint density at radius 2 is 2.03 bits per heavy atom. The predicted octanol–water partition coefficient (Wildman–Crippen LogP) is 4.56. The number of hydrogen-bond acceptors (Lipinski definition) is 4. The van der Waals surface area contributed by atoms with Crippen LogP contribution in [0, 0.1) is 5.82 Å². The zero-order valence-electron chi connectivity index (χ0n) is 16.5. The van der Waals surface area contributed by atoms with Crippen LogP contribution in [0.15, 0.2) is 65.3 Å². The van der Waals surface area contributed by atoms with Gasteiger partial charge in [0, 0.05) is 5.69 Å². The van der Waals surface area contributed by atoms with Crippen LogP contribution in [0.25, 0.3) is 11.0 Å². The molecule has 158 valence electrons. The number of thiocarbonyl (C=S) groups is 1. The summed E-state index contributed by atoms with van der Waals surface area (Å²) in [5.74, 6) is 0.0596. The molecule has 0 spiro atoms. The minimum absolute atomic E-state index is 0.163. The third-order valence-corrected chi connectivity index (χ3v) is 4.98. The first-order valence-electron chi connectivity index (χ1n) is 9.49. The quantitative estimate of drug-likeness (QED) is 0.380. The van der Waals surface area contributed by atoms with E-state index in [9.17, 15) is 14.3 Å². The fourth-order valence-corrected chi connectivity index (χ4v) is 3.59. The van der Waals surface area contributed by atoms with E-state index in [-0.39, 0.29) is 17.4 Å². The lowest BCUT2D eigenvalue weighted by Gasteiger charge is -2.18. The molecule has 31 heavy (non-hydrogen) atoms. The van der Waals surface area contributed by atoms with Gasteiger partial charge in [0.15, 0.2) is 5.11 Å². The Bertz CT molecular complexity index is 1240. The number of hydrogen-bond donors (Lipinski definition) is 3. The molecule has 0 saturated heterocycles. The Morgan fingerprint density at radius 1 is 1.26 bits per heavy atom. The summed E-state index contributed by atoms with van der Waals surface area (Å²) in [6.07, 6.45) is 1.60. The predicted molar refractivity (Wildman–Crippen MR) is 119 cm³/mol. The third kappa shape index (κ3) is 4.56. The maximum Gasteiger partial charge on any atom is 0.335 e. The molecule has 0 aliphatic carbocycles. The van der Waals surface area contributed by atoms with Crippen LogP contribution in [-0.2, 0) is 6.54 Å². The molecule has 0 radical (unpaired) electrons. The van der Waals surface area contributed by atoms with E-state index >= 15 is 0 Å². The van der Waals surface area contributed by atoms with Crippen LogP contribution in [0.1, 0.15) is 34.9 Å². The van der Waals surface area contributed by atoms with E-state index in [4.69, 9.17) is 16.6 Å². The third-order valence-electron chi connectivity index (χ3n) is 4.76. The van der Waals surface area contributed by atoms with E-state index in [2.05, 4.69) is 15.6 Å². The summed E-state index contributed by atoms with van der Waals surface area (Å²) in [5.41, 5.74) is 2.16. The van der Waals surface area contributed by atoms with Crippen LogP contribution in [0.4, 0.5) is 10.1 Å². The summed E-state index contributed by atoms with van der Waals surface area (Å²) in [4.78, 5) is 16.0. The van der Waals surface area contributed by atoms with E-state index in [1.807, 2.05) is 17.6 Å². The second kappa shape index (κ2) is 8.57. The number of carboxylic acids is 1. The minimum Gasteiger partial charge on any atom is -0.478 e. The van der Waals surface area contributed by atoms with E-state index in [1.165, 1.54) is 12.1 Å². The Balaban J connectivity index is 1.63. The Hall–Kier alpha value is -3.72. The van der Waals surface area contributed by atoms with Gasteiger partial charge in [0.1, 0.15) is 17.4 Å². The van der Waals surface area contributed by atoms with Crippen molar-refractivity contribution in [1.29, 1.82) is 0 Å². The summed E-state index contributed by atoms with van der Waals surface area (Å²) in [6.45, 7) is 2.33. The number of aromatic nitrogens is 2. The number of aromatic carboxylic acids is 1. The summed E-state index contributed by atoms with van der Waals surface area (Å²) in [5, 5.41) is 15.8. The number of nitrogens with zero attached hydrogens (tertiary/aromatic N) is 2. The van der Waals surface area contributed by atoms with Crippen LogP contribution >= 0.6 is 12.2 Å². The maximum absolute atomic E-state index is 13.1. The molecule has 2 aromatic heterocycles. The highest BCUT2D eigenvalue weighted by molar-refractivity contribution is 7.80. The van der Waals surface area contributed by atoms with Gasteiger partial charge < -0.3 is 24.7 Å². The topological polar surface area (TPSA) is 92.3 Å². The number of carbonyl (C=O) groups is 1. The summed E-state index contributed by atoms with van der Waals surface area (Å²) < 4.78 is 20.6. The number of benzene rings is 2. The number of fused-ring (bicyclic) bond motifs is 1. The number of furan rings is 1. The zero-order valence-corrected chi connectivity index (χ0v) is 17.3. The largest absolute Gasteiger partial charge is 0.478 e. The van der Waals surface area contributed by atoms with Crippen LogP contribution in [0.3, 0.4) is 0 Å². The van der Waals surface area contributed by atoms with Crippen LogP contribution in [0.2, 0.25) is 0 Å². The highest BCUT2D eigenvalue weighted by Gasteiger charge is 2.19. The van der Waals surface area contributed by atoms with E-state index in [1.54, 1.807) is 42.7 Å². The first-order valence-corrected chi connectivity index (χ1v) is 9.90. The molecular formula is C22H19FN4O3S. The van der Waals surface area contributed by atoms with Gasteiger partial charge in [-0.05, 0) is 73.7 Å². The second-order valence-electron chi connectivity index (χ2n) is 6.97. The van der Waals surface area contributed by atoms with E-state index in [0.29, 0.717) is 28.7 Å². The lowest BCUT2D eigenvalue weighted by molar-refractivity contribution is 0.0697. The minimum atomic E-state index is -1.01. The van der Waals surface area contributed by atoms with Gasteiger partial charge in [-0.3, -0.25) is 0 Å². The molecule has 3 N–H and O–H groups in total. The van der Waals surface area contributed by atoms with Crippen molar-refractivity contribution >= 4 is 40.0 Å². The van der Waals surface area contributed by atoms with Gasteiger partial charge in [-0.2, -0.15) is 0 Å². The highest BCUT2D eigenvalue weighted by atomic mass is 32.1. The van der Waals surface area contributed by atoms with Gasteiger partial charge in [0.2, 0.25) is 0 Å². The molecule has 2 aromatic carbocycles. The van der Waals surface area contributed by atoms with Crippen LogP contribution < -0.4 is 10.6 Å². The molecular weight excluding hydrogens is 419 g/mol. The highest BCUT2D eigenvalue weighted by Crippen LogP contribution is 2.24. The molecule has 0 aliphatic rings. The molecule has 0 aliphatic heterocycles. The molecule has 4 rings (SSSR count). The number of rotatable bonds is 6. The van der Waals surface area contributed by atoms with Crippen molar-refractivity contribution in [2.75, 3.05) is 5.32 Å². The fourth-order valence-electron chi connectivity index (χ4n) is 3.30. The fraction of sp³-hybridized carbons (Fsp3) is 0.136. The van der Waals surface area contributed by atoms with Crippen molar-refractivity contribution in [1.82, 2.24) is 14.9 Å². The van der Waals surface area contributed by atoms with Crippen molar-refractivity contribution in [2.24, 2.45) is 0 Å². The van der Waals surface area contributed by atoms with Crippen molar-refractivity contribution in [3.8, 4) is 0 Å². The average molecular weight is 438 g/mol. The van der Waals surface area contributed by atoms with Gasteiger partial charge in [-0.25, -0.2) is 14.2 Å². The van der Waals surface area contributed by atoms with E-state index < -0.39 is 5.97 Å². The van der Waals surface area contributed by atoms with Gasteiger partial charge in [0.25, 0.3) is 0 Å². The Kier molecular flexibility index (Phi) is 5.68. The lowest BCUT2D eigenvalue weighted by Crippen LogP contribution is -2.32. The first-order chi connectivity index (χ1) is 14.9. The summed E-state index contributed by atoms with van der Waals surface area (Å²) in [7, 11) is 0. The Labute approximate surface area is 182 Å². The number of halogens is 1. The van der Waals surface area contributed by atoms with Crippen LogP contribution in [-0.4, -0.2) is 25.7 Å². The monoisotopic (exact) mass is 438 g/mol. The maximum atomic E-state index is 13.1. The van der Waals surface area contributed by atoms with E-state index in [0.717, 1.165) is 11.3 Å². The smallest absolute Gasteiger partial charge is 0.335 e. The molecule has 9 heteroatoms. The molecule has 4 aromatic rings. The van der Waals surface area contributed by atoms with Gasteiger partial charge in [0.05, 0.1) is 35.4 Å². The number of anilines is 1. The number of imidazole rings is 1. The standard InChI is InChI=1S/C22H19FN4O3S/c1-13(24-22(31)25-16-7-5-15(23)6-8-16)20-26-18-11-14(21(28)29)4-9-19(18)27(20)12-17-3-2-10-30-17/h2-11,13H,12H2,1H3,(H,28,29)(H2,24,25,31)/t13-/m1/s1. The van der Waals surface area contributed by atoms with Crippen LogP contribution in [0.5, 0.6) is 0 Å². The number of carboxylic acid groups (broad SMARTS) is 1. The van der Waals surface area contributed by atoms with Crippen molar-refractivity contribution in [3.63, 3.8) is 0 Å². The molecule has 0 unspecified atom stereocenters. The number of nitrogens with one attached hydrogen (secondary N) is 2. The average Bonchev–Trinajstić information content (AvgIpc) is 3.37. The zero-order chi connectivity index (χ0) is 22.0. The van der Waals surface area contributed by atoms with Gasteiger partial charge in [-0.1, -0.05) is 0 Å². The normalized spacial score (nSPS) is 11.9. The van der Waals surface area contributed by atoms with Gasteiger partial charge in [-0.15, -0.1) is 0 Å². The van der Waals surface area contributed by atoms with Crippen molar-refractivity contribution in [3.05, 3.63) is 83.8 Å². The van der Waals surface area contributed by atoms with Crippen molar-refractivity contribution in [2.45, 2.75) is 19.5 Å².